The predicted molar refractivity (Wildman–Crippen MR) is 119 cm³/mol. The molecule has 0 radical (unpaired) electrons. The van der Waals surface area contributed by atoms with E-state index in [0.29, 0.717) is 17.6 Å². The molecule has 0 saturated carbocycles. The van der Waals surface area contributed by atoms with Crippen molar-refractivity contribution in [1.29, 1.82) is 0 Å². The highest BCUT2D eigenvalue weighted by Crippen LogP contribution is 2.45. The van der Waals surface area contributed by atoms with Crippen LogP contribution in [0.4, 0.5) is 5.69 Å². The summed E-state index contributed by atoms with van der Waals surface area (Å²) < 4.78 is 6.05. The van der Waals surface area contributed by atoms with Crippen LogP contribution >= 0.6 is 11.3 Å². The van der Waals surface area contributed by atoms with Gasteiger partial charge < -0.3 is 20.0 Å². The monoisotopic (exact) mass is 430 g/mol. The van der Waals surface area contributed by atoms with Crippen molar-refractivity contribution >= 4 is 40.2 Å². The number of nitrogens with zero attached hydrogens (tertiary/aromatic N) is 1. The second-order valence-electron chi connectivity index (χ2n) is 7.31. The Morgan fingerprint density at radius 2 is 2.06 bits per heavy atom. The molecule has 2 unspecified atom stereocenters. The first kappa shape index (κ1) is 19.3. The van der Waals surface area contributed by atoms with Crippen molar-refractivity contribution in [2.24, 2.45) is 0 Å². The third kappa shape index (κ3) is 3.53. The van der Waals surface area contributed by atoms with Gasteiger partial charge in [-0.05, 0) is 46.8 Å². The quantitative estimate of drug-likeness (QED) is 0.325. The van der Waals surface area contributed by atoms with E-state index in [1.807, 2.05) is 60.0 Å². The van der Waals surface area contributed by atoms with Crippen LogP contribution in [0, 0.1) is 0 Å². The third-order valence-electron chi connectivity index (χ3n) is 5.39. The Balaban J connectivity index is 1.48. The number of carboxylic acid groups (broad SMARTS) is 1. The van der Waals surface area contributed by atoms with Gasteiger partial charge in [0.15, 0.2) is 0 Å². The summed E-state index contributed by atoms with van der Waals surface area (Å²) in [5, 5.41) is 16.0. The number of pyridine rings is 1. The van der Waals surface area contributed by atoms with Gasteiger partial charge in [-0.3, -0.25) is 4.79 Å². The molecule has 4 aromatic rings. The minimum Gasteiger partial charge on any atom is -0.485 e. The Kier molecular flexibility index (Phi) is 4.88. The second-order valence-corrected chi connectivity index (χ2v) is 8.29. The molecule has 0 aliphatic carbocycles. The number of fused-ring (bicyclic) bond motifs is 3. The molecule has 7 heteroatoms. The molecule has 2 atom stereocenters. The van der Waals surface area contributed by atoms with Crippen LogP contribution < -0.4 is 10.1 Å². The lowest BCUT2D eigenvalue weighted by molar-refractivity contribution is -0.140. The van der Waals surface area contributed by atoms with Crippen molar-refractivity contribution in [2.45, 2.75) is 18.6 Å². The van der Waals surface area contributed by atoms with Crippen LogP contribution in [0.25, 0.3) is 10.9 Å². The van der Waals surface area contributed by atoms with Gasteiger partial charge in [0, 0.05) is 10.3 Å². The fraction of sp³-hybridized carbons (Fsp3) is 0.125. The maximum atomic E-state index is 11.7. The number of hydrogen-bond acceptors (Lipinski definition) is 6. The molecular weight excluding hydrogens is 412 g/mol. The van der Waals surface area contributed by atoms with E-state index in [2.05, 4.69) is 10.3 Å². The van der Waals surface area contributed by atoms with E-state index < -0.39 is 11.9 Å². The van der Waals surface area contributed by atoms with Gasteiger partial charge >= 0.3 is 5.97 Å². The first-order valence-electron chi connectivity index (χ1n) is 9.77. The van der Waals surface area contributed by atoms with E-state index >= 15 is 0 Å². The minimum absolute atomic E-state index is 0.206. The lowest BCUT2D eigenvalue weighted by Gasteiger charge is -2.14. The van der Waals surface area contributed by atoms with Gasteiger partial charge in [0.25, 0.3) is 0 Å². The number of ether oxygens (including phenoxy) is 1. The van der Waals surface area contributed by atoms with Crippen molar-refractivity contribution in [1.82, 2.24) is 4.98 Å². The molecular formula is C24H18N2O4S. The second kappa shape index (κ2) is 7.85. The van der Waals surface area contributed by atoms with Crippen molar-refractivity contribution < 1.29 is 19.4 Å². The number of aldehydes is 1. The van der Waals surface area contributed by atoms with Gasteiger partial charge in [-0.2, -0.15) is 0 Å². The van der Waals surface area contributed by atoms with E-state index in [-0.39, 0.29) is 12.6 Å². The SMILES string of the molecule is O=CC(C(=O)O)c1cc(OCc2ccc3ccccc3n2)c2cc1C(c1cccs1)N2. The smallest absolute Gasteiger partial charge is 0.318 e. The summed E-state index contributed by atoms with van der Waals surface area (Å²) in [6.07, 6.45) is 0.465. The van der Waals surface area contributed by atoms with Gasteiger partial charge in [0.2, 0.25) is 0 Å². The minimum atomic E-state index is -1.26. The van der Waals surface area contributed by atoms with Gasteiger partial charge in [-0.15, -0.1) is 11.3 Å². The Morgan fingerprint density at radius 1 is 1.19 bits per heavy atom. The van der Waals surface area contributed by atoms with E-state index in [4.69, 9.17) is 4.74 Å². The van der Waals surface area contributed by atoms with E-state index in [9.17, 15) is 14.7 Å². The lowest BCUT2D eigenvalue weighted by Crippen LogP contribution is -2.16. The molecule has 0 spiro atoms. The molecule has 1 aliphatic rings. The Morgan fingerprint density at radius 3 is 2.84 bits per heavy atom. The topological polar surface area (TPSA) is 88.5 Å². The molecule has 0 amide bonds. The van der Waals surface area contributed by atoms with Crippen LogP contribution in [0.3, 0.4) is 0 Å². The van der Waals surface area contributed by atoms with Gasteiger partial charge in [0.05, 0.1) is 22.9 Å². The zero-order chi connectivity index (χ0) is 21.4. The van der Waals surface area contributed by atoms with E-state index in [0.717, 1.165) is 32.7 Å². The highest BCUT2D eigenvalue weighted by Gasteiger charge is 2.33. The molecule has 6 nitrogen and oxygen atoms in total. The molecule has 1 aliphatic heterocycles. The summed E-state index contributed by atoms with van der Waals surface area (Å²) in [4.78, 5) is 29.0. The number of rotatable bonds is 7. The highest BCUT2D eigenvalue weighted by molar-refractivity contribution is 7.10. The average molecular weight is 430 g/mol. The van der Waals surface area contributed by atoms with E-state index in [1.165, 1.54) is 0 Å². The summed E-state index contributed by atoms with van der Waals surface area (Å²) in [5.74, 6) is -1.94. The standard InChI is InChI=1S/C24H18N2O4S/c27-12-18(24(28)29)16-11-21(20-10-17(16)23(26-20)22-6-3-9-31-22)30-13-15-8-7-14-4-1-2-5-19(14)25-15/h1-12,18,23,26H,13H2,(H,28,29). The van der Waals surface area contributed by atoms with Crippen LogP contribution in [0.5, 0.6) is 5.75 Å². The third-order valence-corrected chi connectivity index (χ3v) is 6.33. The van der Waals surface area contributed by atoms with E-state index in [1.54, 1.807) is 17.4 Å². The Hall–Kier alpha value is -3.71. The highest BCUT2D eigenvalue weighted by atomic mass is 32.1. The number of carboxylic acids is 1. The molecule has 2 aromatic heterocycles. The molecule has 2 aromatic carbocycles. The van der Waals surface area contributed by atoms with Gasteiger partial charge in [0.1, 0.15) is 24.6 Å². The summed E-state index contributed by atoms with van der Waals surface area (Å²) in [5.41, 5.74) is 3.64. The van der Waals surface area contributed by atoms with Gasteiger partial charge in [-0.1, -0.05) is 30.3 Å². The number of hydrogen-bond donors (Lipinski definition) is 2. The summed E-state index contributed by atoms with van der Waals surface area (Å²) in [6, 6.07) is 19.0. The molecule has 31 heavy (non-hydrogen) atoms. The van der Waals surface area contributed by atoms with Crippen LogP contribution in [0.1, 0.15) is 33.7 Å². The maximum Gasteiger partial charge on any atom is 0.318 e. The largest absolute Gasteiger partial charge is 0.485 e. The van der Waals surface area contributed by atoms with Crippen molar-refractivity contribution in [3.8, 4) is 5.75 Å². The fourth-order valence-electron chi connectivity index (χ4n) is 3.88. The van der Waals surface area contributed by atoms with Crippen molar-refractivity contribution in [2.75, 3.05) is 5.32 Å². The van der Waals surface area contributed by atoms with Crippen LogP contribution in [0.15, 0.2) is 66.0 Å². The molecule has 2 N–H and O–H groups in total. The molecule has 3 heterocycles. The van der Waals surface area contributed by atoms with Crippen molar-refractivity contribution in [3.63, 3.8) is 0 Å². The van der Waals surface area contributed by atoms with Crippen LogP contribution in [-0.4, -0.2) is 22.3 Å². The lowest BCUT2D eigenvalue weighted by atomic mass is 9.92. The first-order chi connectivity index (χ1) is 15.1. The summed E-state index contributed by atoms with van der Waals surface area (Å²) in [6.45, 7) is 0.223. The summed E-state index contributed by atoms with van der Waals surface area (Å²) >= 11 is 1.57. The number of carbonyl (C=O) groups is 2. The normalized spacial score (nSPS) is 15.4. The number of aliphatic carboxylic acids is 1. The predicted octanol–water partition coefficient (Wildman–Crippen LogP) is 4.76. The first-order valence-corrected chi connectivity index (χ1v) is 10.7. The van der Waals surface area contributed by atoms with Crippen molar-refractivity contribution in [3.05, 3.63) is 87.7 Å². The fourth-order valence-corrected chi connectivity index (χ4v) is 4.68. The molecule has 2 bridgehead atoms. The van der Waals surface area contributed by atoms with Crippen LogP contribution in [-0.2, 0) is 16.2 Å². The maximum absolute atomic E-state index is 11.7. The number of anilines is 1. The summed E-state index contributed by atoms with van der Waals surface area (Å²) in [7, 11) is 0. The van der Waals surface area contributed by atoms with Crippen LogP contribution in [0.2, 0.25) is 0 Å². The Bertz CT molecular complexity index is 1290. The molecule has 0 fully saturated rings. The number of carbonyl (C=O) groups excluding carboxylic acids is 1. The molecule has 5 rings (SSSR count). The number of aromatic nitrogens is 1. The Labute approximate surface area is 182 Å². The number of para-hydroxylation sites is 1. The number of thiophene rings is 1. The molecule has 0 saturated heterocycles. The molecule has 154 valence electrons. The number of nitrogens with one attached hydrogen (secondary N) is 1. The zero-order valence-corrected chi connectivity index (χ0v) is 17.1. The average Bonchev–Trinajstić information content (AvgIpc) is 3.43. The van der Waals surface area contributed by atoms with Gasteiger partial charge in [-0.25, -0.2) is 4.98 Å². The zero-order valence-electron chi connectivity index (χ0n) is 16.3. The number of benzene rings is 2.